The Morgan fingerprint density at radius 1 is 1.39 bits per heavy atom. The maximum Gasteiger partial charge on any atom is 0.343 e. The zero-order valence-electron chi connectivity index (χ0n) is 15.7. The molecule has 0 saturated heterocycles. The van der Waals surface area contributed by atoms with Crippen molar-refractivity contribution in [1.29, 1.82) is 0 Å². The molecule has 7 nitrogen and oxygen atoms in total. The Kier molecular flexibility index (Phi) is 5.69. The molecule has 0 radical (unpaired) electrons. The van der Waals surface area contributed by atoms with E-state index in [1.54, 1.807) is 19.2 Å². The van der Waals surface area contributed by atoms with Crippen molar-refractivity contribution in [2.24, 2.45) is 0 Å². The lowest BCUT2D eigenvalue weighted by molar-refractivity contribution is 0.0528. The molecule has 1 N–H and O–H groups in total. The average molecular weight is 407 g/mol. The second kappa shape index (κ2) is 8.02. The summed E-state index contributed by atoms with van der Waals surface area (Å²) in [5.74, 6) is -0.700. The van der Waals surface area contributed by atoms with Crippen molar-refractivity contribution < 1.29 is 19.0 Å². The number of aromatic nitrogens is 3. The van der Waals surface area contributed by atoms with Crippen LogP contribution in [0.25, 0.3) is 5.65 Å². The fourth-order valence-electron chi connectivity index (χ4n) is 2.80. The van der Waals surface area contributed by atoms with E-state index >= 15 is 0 Å². The van der Waals surface area contributed by atoms with Gasteiger partial charge in [-0.25, -0.2) is 18.7 Å². The monoisotopic (exact) mass is 406 g/mol. The van der Waals surface area contributed by atoms with Gasteiger partial charge in [0.25, 0.3) is 0 Å². The van der Waals surface area contributed by atoms with Gasteiger partial charge in [-0.3, -0.25) is 0 Å². The standard InChI is InChI=1S/C19H20ClFN4O3/c1-4-28-19(27)12-9-22-25-8-7-16(23-18(12)25)24(11(2)3)10-13-15(26)6-5-14(21)17(13)20/h5-9,11,26H,4,10H2,1-3H3. The Bertz CT molecular complexity index is 1020. The number of fused-ring (bicyclic) bond motifs is 1. The number of rotatable bonds is 6. The predicted molar refractivity (Wildman–Crippen MR) is 103 cm³/mol. The van der Waals surface area contributed by atoms with Gasteiger partial charge in [-0.1, -0.05) is 11.6 Å². The number of nitrogens with zero attached hydrogens (tertiary/aromatic N) is 4. The van der Waals surface area contributed by atoms with E-state index in [0.29, 0.717) is 11.5 Å². The van der Waals surface area contributed by atoms with Gasteiger partial charge >= 0.3 is 5.97 Å². The van der Waals surface area contributed by atoms with E-state index in [2.05, 4.69) is 10.1 Å². The molecule has 28 heavy (non-hydrogen) atoms. The largest absolute Gasteiger partial charge is 0.508 e. The van der Waals surface area contributed by atoms with Crippen molar-refractivity contribution in [3.63, 3.8) is 0 Å². The molecule has 0 aliphatic heterocycles. The van der Waals surface area contributed by atoms with Crippen LogP contribution in [0.15, 0.2) is 30.6 Å². The molecule has 0 atom stereocenters. The van der Waals surface area contributed by atoms with Gasteiger partial charge < -0.3 is 14.7 Å². The van der Waals surface area contributed by atoms with Crippen LogP contribution in [-0.2, 0) is 11.3 Å². The van der Waals surface area contributed by atoms with Gasteiger partial charge in [0, 0.05) is 24.3 Å². The van der Waals surface area contributed by atoms with Crippen LogP contribution < -0.4 is 4.90 Å². The molecule has 3 aromatic rings. The maximum absolute atomic E-state index is 13.9. The van der Waals surface area contributed by atoms with E-state index in [1.807, 2.05) is 18.7 Å². The lowest BCUT2D eigenvalue weighted by Gasteiger charge is -2.28. The molecule has 0 unspecified atom stereocenters. The number of carbonyl (C=O) groups excluding carboxylic acids is 1. The van der Waals surface area contributed by atoms with E-state index in [0.717, 1.165) is 6.07 Å². The third-order valence-electron chi connectivity index (χ3n) is 4.27. The molecule has 2 aromatic heterocycles. The summed E-state index contributed by atoms with van der Waals surface area (Å²) in [5.41, 5.74) is 0.853. The van der Waals surface area contributed by atoms with Gasteiger partial charge in [0.2, 0.25) is 0 Å². The number of anilines is 1. The van der Waals surface area contributed by atoms with E-state index < -0.39 is 11.8 Å². The first-order valence-corrected chi connectivity index (χ1v) is 9.15. The van der Waals surface area contributed by atoms with Crippen molar-refractivity contribution in [1.82, 2.24) is 14.6 Å². The predicted octanol–water partition coefficient (Wildman–Crippen LogP) is 3.82. The number of halogens is 2. The van der Waals surface area contributed by atoms with Gasteiger partial charge in [0.1, 0.15) is 22.9 Å². The topological polar surface area (TPSA) is 80.0 Å². The van der Waals surface area contributed by atoms with E-state index in [9.17, 15) is 14.3 Å². The Hall–Kier alpha value is -2.87. The molecular formula is C19H20ClFN4O3. The zero-order chi connectivity index (χ0) is 20.4. The first-order valence-electron chi connectivity index (χ1n) is 8.77. The summed E-state index contributed by atoms with van der Waals surface area (Å²) in [6.07, 6.45) is 3.07. The van der Waals surface area contributed by atoms with Crippen molar-refractivity contribution in [2.75, 3.05) is 11.5 Å². The number of ether oxygens (including phenoxy) is 1. The average Bonchev–Trinajstić information content (AvgIpc) is 3.08. The van der Waals surface area contributed by atoms with Crippen LogP contribution in [0.2, 0.25) is 5.02 Å². The smallest absolute Gasteiger partial charge is 0.343 e. The van der Waals surface area contributed by atoms with Gasteiger partial charge in [0.15, 0.2) is 5.65 Å². The molecule has 0 aliphatic rings. The SMILES string of the molecule is CCOC(=O)c1cnn2ccc(N(Cc3c(O)ccc(F)c3Cl)C(C)C)nc12. The minimum atomic E-state index is -0.609. The normalized spacial score (nSPS) is 11.2. The zero-order valence-corrected chi connectivity index (χ0v) is 16.4. The molecule has 0 amide bonds. The van der Waals surface area contributed by atoms with Gasteiger partial charge in [-0.05, 0) is 39.0 Å². The summed E-state index contributed by atoms with van der Waals surface area (Å²) in [5, 5.41) is 14.1. The Balaban J connectivity index is 2.03. The summed E-state index contributed by atoms with van der Waals surface area (Å²) in [6.45, 7) is 5.95. The minimum absolute atomic E-state index is 0.0531. The molecule has 0 saturated carbocycles. The third kappa shape index (κ3) is 3.73. The quantitative estimate of drug-likeness (QED) is 0.627. The highest BCUT2D eigenvalue weighted by atomic mass is 35.5. The molecule has 148 valence electrons. The number of esters is 1. The van der Waals surface area contributed by atoms with Gasteiger partial charge in [0.05, 0.1) is 17.8 Å². The van der Waals surface area contributed by atoms with E-state index in [1.165, 1.54) is 16.8 Å². The van der Waals surface area contributed by atoms with Crippen molar-refractivity contribution in [3.05, 3.63) is 52.6 Å². The van der Waals surface area contributed by atoms with Crippen LogP contribution >= 0.6 is 11.6 Å². The van der Waals surface area contributed by atoms with Gasteiger partial charge in [-0.2, -0.15) is 5.10 Å². The van der Waals surface area contributed by atoms with Crippen LogP contribution in [0.4, 0.5) is 10.2 Å². The fraction of sp³-hybridized carbons (Fsp3) is 0.316. The molecular weight excluding hydrogens is 387 g/mol. The minimum Gasteiger partial charge on any atom is -0.508 e. The number of carbonyl (C=O) groups is 1. The highest BCUT2D eigenvalue weighted by Gasteiger charge is 2.21. The van der Waals surface area contributed by atoms with Crippen molar-refractivity contribution >= 4 is 29.0 Å². The Morgan fingerprint density at radius 3 is 2.82 bits per heavy atom. The molecule has 0 aliphatic carbocycles. The van der Waals surface area contributed by atoms with Gasteiger partial charge in [-0.15, -0.1) is 0 Å². The molecule has 0 bridgehead atoms. The molecule has 0 fully saturated rings. The summed E-state index contributed by atoms with van der Waals surface area (Å²) in [4.78, 5) is 18.5. The second-order valence-corrected chi connectivity index (χ2v) is 6.79. The molecule has 2 heterocycles. The van der Waals surface area contributed by atoms with E-state index in [4.69, 9.17) is 16.3 Å². The highest BCUT2D eigenvalue weighted by Crippen LogP contribution is 2.31. The lowest BCUT2D eigenvalue weighted by atomic mass is 10.1. The summed E-state index contributed by atoms with van der Waals surface area (Å²) < 4.78 is 20.4. The highest BCUT2D eigenvalue weighted by molar-refractivity contribution is 6.31. The second-order valence-electron chi connectivity index (χ2n) is 6.41. The molecule has 3 rings (SSSR count). The van der Waals surface area contributed by atoms with Crippen LogP contribution in [0.5, 0.6) is 5.75 Å². The summed E-state index contributed by atoms with van der Waals surface area (Å²) in [6, 6.07) is 4.05. The maximum atomic E-state index is 13.9. The number of hydrogen-bond acceptors (Lipinski definition) is 6. The van der Waals surface area contributed by atoms with Crippen LogP contribution in [-0.4, -0.2) is 38.3 Å². The lowest BCUT2D eigenvalue weighted by Crippen LogP contribution is -2.31. The number of phenols is 1. The third-order valence-corrected chi connectivity index (χ3v) is 4.68. The number of phenolic OH excluding ortho intramolecular Hbond substituents is 1. The fourth-order valence-corrected chi connectivity index (χ4v) is 3.02. The van der Waals surface area contributed by atoms with Crippen LogP contribution in [0.3, 0.4) is 0 Å². The Morgan fingerprint density at radius 2 is 2.14 bits per heavy atom. The van der Waals surface area contributed by atoms with Crippen molar-refractivity contribution in [3.8, 4) is 5.75 Å². The van der Waals surface area contributed by atoms with Crippen molar-refractivity contribution in [2.45, 2.75) is 33.4 Å². The first kappa shape index (κ1) is 19.9. The number of aromatic hydroxyl groups is 1. The molecule has 0 spiro atoms. The van der Waals surface area contributed by atoms with Crippen LogP contribution in [0, 0.1) is 5.82 Å². The number of benzene rings is 1. The molecule has 1 aromatic carbocycles. The number of hydrogen-bond donors (Lipinski definition) is 1. The first-order chi connectivity index (χ1) is 13.3. The molecule has 9 heteroatoms. The summed E-state index contributed by atoms with van der Waals surface area (Å²) >= 11 is 6.06. The summed E-state index contributed by atoms with van der Waals surface area (Å²) in [7, 11) is 0. The van der Waals surface area contributed by atoms with Crippen LogP contribution in [0.1, 0.15) is 36.7 Å². The Labute approximate surface area is 166 Å². The van der Waals surface area contributed by atoms with E-state index in [-0.39, 0.29) is 41.1 Å².